The molecule has 1 saturated heterocycles. The minimum absolute atomic E-state index is 0.101. The van der Waals surface area contributed by atoms with Gasteiger partial charge >= 0.3 is 0 Å². The molecule has 1 aromatic heterocycles. The van der Waals surface area contributed by atoms with E-state index in [1.807, 2.05) is 13.8 Å². The molecule has 2 N–H and O–H groups in total. The average molecular weight is 324 g/mol. The standard InChI is InChI=1S/C14H20N4O3S/c1-14(2)13(20)16-9(7-22-14)11(19)15-6-5-10-17-12(21-18-10)8-3-4-8/h8-9H,3-7H2,1-2H3,(H,15,19)(H,16,20)/t9-/m1/s1. The number of nitrogens with one attached hydrogen (secondary N) is 2. The third-order valence-electron chi connectivity index (χ3n) is 3.84. The predicted octanol–water partition coefficient (Wildman–Crippen LogP) is 0.616. The van der Waals surface area contributed by atoms with E-state index in [-0.39, 0.29) is 11.8 Å². The number of carbonyl (C=O) groups is 2. The summed E-state index contributed by atoms with van der Waals surface area (Å²) < 4.78 is 4.69. The lowest BCUT2D eigenvalue weighted by molar-refractivity contribution is -0.129. The zero-order valence-corrected chi connectivity index (χ0v) is 13.5. The fraction of sp³-hybridized carbons (Fsp3) is 0.714. The van der Waals surface area contributed by atoms with Gasteiger partial charge in [-0.25, -0.2) is 0 Å². The summed E-state index contributed by atoms with van der Waals surface area (Å²) in [7, 11) is 0. The van der Waals surface area contributed by atoms with Crippen LogP contribution in [0.5, 0.6) is 0 Å². The van der Waals surface area contributed by atoms with Crippen LogP contribution in [0.25, 0.3) is 0 Å². The lowest BCUT2D eigenvalue weighted by Crippen LogP contribution is -2.57. The highest BCUT2D eigenvalue weighted by Gasteiger charge is 2.37. The lowest BCUT2D eigenvalue weighted by atomic mass is 10.1. The van der Waals surface area contributed by atoms with Gasteiger partial charge in [0.2, 0.25) is 17.7 Å². The highest BCUT2D eigenvalue weighted by molar-refractivity contribution is 8.01. The Morgan fingerprint density at radius 2 is 2.27 bits per heavy atom. The van der Waals surface area contributed by atoms with E-state index < -0.39 is 10.8 Å². The van der Waals surface area contributed by atoms with Crippen molar-refractivity contribution in [2.24, 2.45) is 0 Å². The Morgan fingerprint density at radius 1 is 1.50 bits per heavy atom. The molecule has 0 aromatic carbocycles. The first-order chi connectivity index (χ1) is 10.5. The van der Waals surface area contributed by atoms with E-state index in [1.54, 1.807) is 0 Å². The molecular formula is C14H20N4O3S. The van der Waals surface area contributed by atoms with Crippen molar-refractivity contribution in [3.05, 3.63) is 11.7 Å². The van der Waals surface area contributed by atoms with E-state index in [9.17, 15) is 9.59 Å². The monoisotopic (exact) mass is 324 g/mol. The van der Waals surface area contributed by atoms with Crippen LogP contribution in [-0.2, 0) is 16.0 Å². The summed E-state index contributed by atoms with van der Waals surface area (Å²) in [5.74, 6) is 2.08. The van der Waals surface area contributed by atoms with Crippen LogP contribution < -0.4 is 10.6 Å². The van der Waals surface area contributed by atoms with Crippen LogP contribution in [-0.4, -0.2) is 45.0 Å². The molecule has 1 aliphatic heterocycles. The molecule has 0 spiro atoms. The predicted molar refractivity (Wildman–Crippen MR) is 81.5 cm³/mol. The first-order valence-corrected chi connectivity index (χ1v) is 8.49. The van der Waals surface area contributed by atoms with E-state index >= 15 is 0 Å². The van der Waals surface area contributed by atoms with E-state index in [4.69, 9.17) is 4.52 Å². The molecule has 2 heterocycles. The highest BCUT2D eigenvalue weighted by atomic mass is 32.2. The van der Waals surface area contributed by atoms with Gasteiger partial charge < -0.3 is 15.2 Å². The second-order valence-electron chi connectivity index (χ2n) is 6.21. The molecule has 2 amide bonds. The molecule has 1 saturated carbocycles. The quantitative estimate of drug-likeness (QED) is 0.824. The molecule has 0 bridgehead atoms. The number of hydrogen-bond donors (Lipinski definition) is 2. The van der Waals surface area contributed by atoms with Crippen molar-refractivity contribution < 1.29 is 14.1 Å². The Morgan fingerprint density at radius 3 is 2.95 bits per heavy atom. The molecule has 0 unspecified atom stereocenters. The van der Waals surface area contributed by atoms with Gasteiger partial charge in [-0.05, 0) is 26.7 Å². The largest absolute Gasteiger partial charge is 0.354 e. The van der Waals surface area contributed by atoms with Crippen LogP contribution in [0.4, 0.5) is 0 Å². The van der Waals surface area contributed by atoms with Crippen LogP contribution in [0, 0.1) is 0 Å². The first kappa shape index (κ1) is 15.3. The summed E-state index contributed by atoms with van der Waals surface area (Å²) >= 11 is 1.50. The van der Waals surface area contributed by atoms with Gasteiger partial charge in [0, 0.05) is 24.6 Å². The number of hydrogen-bond acceptors (Lipinski definition) is 6. The Labute approximate surface area is 133 Å². The van der Waals surface area contributed by atoms with Crippen LogP contribution >= 0.6 is 11.8 Å². The van der Waals surface area contributed by atoms with Crippen molar-refractivity contribution >= 4 is 23.6 Å². The maximum Gasteiger partial charge on any atom is 0.243 e. The minimum Gasteiger partial charge on any atom is -0.354 e. The molecule has 8 heteroatoms. The molecule has 1 aliphatic carbocycles. The van der Waals surface area contributed by atoms with E-state index in [0.29, 0.717) is 36.4 Å². The molecule has 120 valence electrons. The van der Waals surface area contributed by atoms with Gasteiger partial charge in [-0.3, -0.25) is 9.59 Å². The van der Waals surface area contributed by atoms with Gasteiger partial charge in [0.1, 0.15) is 6.04 Å². The summed E-state index contributed by atoms with van der Waals surface area (Å²) in [6, 6.07) is -0.474. The van der Waals surface area contributed by atoms with Crippen LogP contribution in [0.3, 0.4) is 0 Å². The van der Waals surface area contributed by atoms with Crippen molar-refractivity contribution in [1.29, 1.82) is 0 Å². The maximum atomic E-state index is 12.1. The molecular weight excluding hydrogens is 304 g/mol. The molecule has 22 heavy (non-hydrogen) atoms. The van der Waals surface area contributed by atoms with Crippen LogP contribution in [0.1, 0.15) is 44.3 Å². The third-order valence-corrected chi connectivity index (χ3v) is 5.24. The van der Waals surface area contributed by atoms with Gasteiger partial charge in [0.05, 0.1) is 4.75 Å². The summed E-state index contributed by atoms with van der Waals surface area (Å²) in [6.45, 7) is 4.15. The summed E-state index contributed by atoms with van der Waals surface area (Å²) in [5, 5.41) is 9.48. The zero-order chi connectivity index (χ0) is 15.7. The van der Waals surface area contributed by atoms with Gasteiger partial charge in [-0.15, -0.1) is 11.8 Å². The molecule has 7 nitrogen and oxygen atoms in total. The second-order valence-corrected chi connectivity index (χ2v) is 7.85. The number of carbonyl (C=O) groups excluding carboxylic acids is 2. The summed E-state index contributed by atoms with van der Waals surface area (Å²) in [5.41, 5.74) is 0. The lowest BCUT2D eigenvalue weighted by Gasteiger charge is -2.32. The molecule has 1 aromatic rings. The van der Waals surface area contributed by atoms with E-state index in [2.05, 4.69) is 20.8 Å². The maximum absolute atomic E-state index is 12.1. The van der Waals surface area contributed by atoms with Gasteiger partial charge in [-0.1, -0.05) is 5.16 Å². The number of rotatable bonds is 5. The Bertz CT molecular complexity index is 582. The van der Waals surface area contributed by atoms with Gasteiger partial charge in [0.25, 0.3) is 0 Å². The number of thioether (sulfide) groups is 1. The van der Waals surface area contributed by atoms with E-state index in [0.717, 1.165) is 12.8 Å². The van der Waals surface area contributed by atoms with Gasteiger partial charge in [0.15, 0.2) is 5.82 Å². The van der Waals surface area contributed by atoms with Gasteiger partial charge in [-0.2, -0.15) is 4.98 Å². The SMILES string of the molecule is CC1(C)SC[C@H](C(=O)NCCc2noc(C3CC3)n2)NC1=O. The third kappa shape index (κ3) is 3.43. The number of amides is 2. The smallest absolute Gasteiger partial charge is 0.243 e. The summed E-state index contributed by atoms with van der Waals surface area (Å²) in [4.78, 5) is 28.2. The van der Waals surface area contributed by atoms with Crippen molar-refractivity contribution in [1.82, 2.24) is 20.8 Å². The molecule has 2 fully saturated rings. The summed E-state index contributed by atoms with van der Waals surface area (Å²) in [6.07, 6.45) is 2.77. The van der Waals surface area contributed by atoms with Crippen molar-refractivity contribution in [2.45, 2.75) is 49.8 Å². The highest BCUT2D eigenvalue weighted by Crippen LogP contribution is 2.38. The number of aromatic nitrogens is 2. The number of nitrogens with zero attached hydrogens (tertiary/aromatic N) is 2. The zero-order valence-electron chi connectivity index (χ0n) is 12.7. The topological polar surface area (TPSA) is 97.1 Å². The average Bonchev–Trinajstić information content (AvgIpc) is 3.22. The first-order valence-electron chi connectivity index (χ1n) is 7.51. The molecule has 0 radical (unpaired) electrons. The minimum atomic E-state index is -0.474. The Hall–Kier alpha value is -1.57. The van der Waals surface area contributed by atoms with Crippen LogP contribution in [0.15, 0.2) is 4.52 Å². The Kier molecular flexibility index (Phi) is 4.12. The van der Waals surface area contributed by atoms with Crippen molar-refractivity contribution in [3.8, 4) is 0 Å². The molecule has 2 aliphatic rings. The fourth-order valence-corrected chi connectivity index (χ4v) is 3.17. The normalized spacial score (nSPS) is 23.9. The molecule has 1 atom stereocenters. The molecule has 3 rings (SSSR count). The van der Waals surface area contributed by atoms with Crippen molar-refractivity contribution in [3.63, 3.8) is 0 Å². The van der Waals surface area contributed by atoms with Crippen molar-refractivity contribution in [2.75, 3.05) is 12.3 Å². The fourth-order valence-electron chi connectivity index (χ4n) is 2.16. The van der Waals surface area contributed by atoms with Crippen LogP contribution in [0.2, 0.25) is 0 Å². The second kappa shape index (κ2) is 5.91. The van der Waals surface area contributed by atoms with E-state index in [1.165, 1.54) is 11.8 Å². The Balaban J connectivity index is 1.43.